The smallest absolute Gasteiger partial charge is 0.320 e. The zero-order valence-electron chi connectivity index (χ0n) is 8.03. The number of anilines is 1. The van der Waals surface area contributed by atoms with Crippen LogP contribution in [0.2, 0.25) is 0 Å². The Morgan fingerprint density at radius 1 is 1.57 bits per heavy atom. The number of aryl methyl sites for hydroxylation is 1. The van der Waals surface area contributed by atoms with Crippen molar-refractivity contribution in [2.45, 2.75) is 19.4 Å². The van der Waals surface area contributed by atoms with Gasteiger partial charge in [-0.2, -0.15) is 0 Å². The SMILES string of the molecule is Cc1ccc(C[C@H](N)C(=O)O)c(N)c1. The lowest BCUT2D eigenvalue weighted by Crippen LogP contribution is -2.32. The van der Waals surface area contributed by atoms with Gasteiger partial charge < -0.3 is 16.6 Å². The minimum absolute atomic E-state index is 0.265. The Morgan fingerprint density at radius 2 is 2.21 bits per heavy atom. The minimum Gasteiger partial charge on any atom is -0.480 e. The standard InChI is InChI=1S/C10H14N2O2/c1-6-2-3-7(8(11)4-6)5-9(12)10(13)14/h2-4,9H,5,11-12H2,1H3,(H,13,14)/t9-/m0/s1. The van der Waals surface area contributed by atoms with Crippen LogP contribution in [0.25, 0.3) is 0 Å². The Morgan fingerprint density at radius 3 is 2.71 bits per heavy atom. The van der Waals surface area contributed by atoms with Gasteiger partial charge >= 0.3 is 5.97 Å². The Balaban J connectivity index is 2.82. The number of benzene rings is 1. The maximum absolute atomic E-state index is 10.5. The summed E-state index contributed by atoms with van der Waals surface area (Å²) in [4.78, 5) is 10.5. The lowest BCUT2D eigenvalue weighted by atomic mass is 10.0. The van der Waals surface area contributed by atoms with Crippen LogP contribution in [0.3, 0.4) is 0 Å². The minimum atomic E-state index is -1.01. The fourth-order valence-electron chi connectivity index (χ4n) is 1.22. The fourth-order valence-corrected chi connectivity index (χ4v) is 1.22. The predicted molar refractivity (Wildman–Crippen MR) is 54.9 cm³/mol. The van der Waals surface area contributed by atoms with Gasteiger partial charge in [0.25, 0.3) is 0 Å². The summed E-state index contributed by atoms with van der Waals surface area (Å²) < 4.78 is 0. The number of hydrogen-bond acceptors (Lipinski definition) is 3. The van der Waals surface area contributed by atoms with Gasteiger partial charge in [-0.25, -0.2) is 0 Å². The zero-order chi connectivity index (χ0) is 10.7. The van der Waals surface area contributed by atoms with Gasteiger partial charge in [-0.3, -0.25) is 4.79 Å². The Hall–Kier alpha value is -1.55. The summed E-state index contributed by atoms with van der Waals surface area (Å²) >= 11 is 0. The van der Waals surface area contributed by atoms with Gasteiger partial charge in [0.05, 0.1) is 0 Å². The number of carboxylic acid groups (broad SMARTS) is 1. The molecule has 0 spiro atoms. The normalized spacial score (nSPS) is 12.4. The van der Waals surface area contributed by atoms with Crippen LogP contribution in [0, 0.1) is 6.92 Å². The number of carboxylic acids is 1. The third kappa shape index (κ3) is 2.47. The highest BCUT2D eigenvalue weighted by atomic mass is 16.4. The summed E-state index contributed by atoms with van der Waals surface area (Å²) in [6.07, 6.45) is 0.265. The maximum Gasteiger partial charge on any atom is 0.320 e. The van der Waals surface area contributed by atoms with Crippen molar-refractivity contribution < 1.29 is 9.90 Å². The number of nitrogen functional groups attached to an aromatic ring is 1. The Bertz CT molecular complexity index is 350. The molecule has 0 aliphatic carbocycles. The van der Waals surface area contributed by atoms with E-state index in [0.29, 0.717) is 5.69 Å². The largest absolute Gasteiger partial charge is 0.480 e. The van der Waals surface area contributed by atoms with Crippen molar-refractivity contribution >= 4 is 11.7 Å². The molecular weight excluding hydrogens is 180 g/mol. The molecule has 1 rings (SSSR count). The molecule has 0 aliphatic rings. The number of carbonyl (C=O) groups is 1. The van der Waals surface area contributed by atoms with E-state index in [9.17, 15) is 4.79 Å². The molecule has 14 heavy (non-hydrogen) atoms. The molecular formula is C10H14N2O2. The van der Waals surface area contributed by atoms with Gasteiger partial charge in [-0.15, -0.1) is 0 Å². The lowest BCUT2D eigenvalue weighted by Gasteiger charge is -2.09. The average molecular weight is 194 g/mol. The quantitative estimate of drug-likeness (QED) is 0.612. The van der Waals surface area contributed by atoms with Crippen molar-refractivity contribution in [1.29, 1.82) is 0 Å². The van der Waals surface area contributed by atoms with Crippen molar-refractivity contribution in [2.24, 2.45) is 5.73 Å². The van der Waals surface area contributed by atoms with Gasteiger partial charge in [-0.1, -0.05) is 12.1 Å². The van der Waals surface area contributed by atoms with Crippen molar-refractivity contribution in [3.63, 3.8) is 0 Å². The van der Waals surface area contributed by atoms with Crippen LogP contribution in [0.5, 0.6) is 0 Å². The van der Waals surface area contributed by atoms with Crippen LogP contribution in [-0.2, 0) is 11.2 Å². The van der Waals surface area contributed by atoms with E-state index in [1.54, 1.807) is 0 Å². The van der Waals surface area contributed by atoms with Crippen molar-refractivity contribution in [3.05, 3.63) is 29.3 Å². The second-order valence-electron chi connectivity index (χ2n) is 3.35. The molecule has 0 heterocycles. The van der Waals surface area contributed by atoms with Crippen molar-refractivity contribution in [1.82, 2.24) is 0 Å². The molecule has 0 saturated heterocycles. The van der Waals surface area contributed by atoms with E-state index < -0.39 is 12.0 Å². The average Bonchev–Trinajstić information content (AvgIpc) is 2.09. The number of nitrogens with two attached hydrogens (primary N) is 2. The molecule has 0 aromatic heterocycles. The van der Waals surface area contributed by atoms with Crippen LogP contribution in [0.1, 0.15) is 11.1 Å². The first-order chi connectivity index (χ1) is 6.50. The number of hydrogen-bond donors (Lipinski definition) is 3. The molecule has 1 aromatic rings. The van der Waals surface area contributed by atoms with Crippen LogP contribution >= 0.6 is 0 Å². The van der Waals surface area contributed by atoms with Gasteiger partial charge in [0, 0.05) is 12.1 Å². The Labute approximate surface area is 82.5 Å². The van der Waals surface area contributed by atoms with E-state index in [0.717, 1.165) is 11.1 Å². The first-order valence-electron chi connectivity index (χ1n) is 4.34. The summed E-state index contributed by atoms with van der Waals surface area (Å²) in [5.74, 6) is -1.01. The van der Waals surface area contributed by atoms with Crippen LogP contribution < -0.4 is 11.5 Å². The van der Waals surface area contributed by atoms with Gasteiger partial charge in [0.15, 0.2) is 0 Å². The molecule has 0 radical (unpaired) electrons. The van der Waals surface area contributed by atoms with E-state index in [4.69, 9.17) is 16.6 Å². The topological polar surface area (TPSA) is 89.3 Å². The molecule has 1 aromatic carbocycles. The van der Waals surface area contributed by atoms with Gasteiger partial charge in [-0.05, 0) is 24.1 Å². The molecule has 5 N–H and O–H groups in total. The molecule has 0 unspecified atom stereocenters. The maximum atomic E-state index is 10.5. The second-order valence-corrected chi connectivity index (χ2v) is 3.35. The van der Waals surface area contributed by atoms with Crippen molar-refractivity contribution in [2.75, 3.05) is 5.73 Å². The zero-order valence-corrected chi connectivity index (χ0v) is 8.03. The van der Waals surface area contributed by atoms with Crippen LogP contribution in [-0.4, -0.2) is 17.1 Å². The summed E-state index contributed by atoms with van der Waals surface area (Å²) in [5, 5.41) is 8.62. The highest BCUT2D eigenvalue weighted by molar-refractivity contribution is 5.74. The highest BCUT2D eigenvalue weighted by Crippen LogP contribution is 2.15. The highest BCUT2D eigenvalue weighted by Gasteiger charge is 2.13. The molecule has 76 valence electrons. The van der Waals surface area contributed by atoms with Crippen molar-refractivity contribution in [3.8, 4) is 0 Å². The van der Waals surface area contributed by atoms with Gasteiger partial charge in [0.2, 0.25) is 0 Å². The molecule has 4 heteroatoms. The first kappa shape index (κ1) is 10.5. The molecule has 0 amide bonds. The third-order valence-electron chi connectivity index (χ3n) is 2.06. The third-order valence-corrected chi connectivity index (χ3v) is 2.06. The summed E-state index contributed by atoms with van der Waals surface area (Å²) in [6, 6.07) is 4.62. The van der Waals surface area contributed by atoms with Crippen LogP contribution in [0.4, 0.5) is 5.69 Å². The monoisotopic (exact) mass is 194 g/mol. The van der Waals surface area contributed by atoms with Crippen LogP contribution in [0.15, 0.2) is 18.2 Å². The molecule has 0 saturated carbocycles. The fraction of sp³-hybridized carbons (Fsp3) is 0.300. The number of rotatable bonds is 3. The predicted octanol–water partition coefficient (Wildman–Crippen LogP) is 0.532. The van der Waals surface area contributed by atoms with Gasteiger partial charge in [0.1, 0.15) is 6.04 Å². The lowest BCUT2D eigenvalue weighted by molar-refractivity contribution is -0.138. The summed E-state index contributed by atoms with van der Waals surface area (Å²) in [5.41, 5.74) is 13.6. The first-order valence-corrected chi connectivity index (χ1v) is 4.34. The molecule has 1 atom stereocenters. The summed E-state index contributed by atoms with van der Waals surface area (Å²) in [7, 11) is 0. The Kier molecular flexibility index (Phi) is 3.09. The second kappa shape index (κ2) is 4.11. The molecule has 4 nitrogen and oxygen atoms in total. The van der Waals surface area contributed by atoms with E-state index in [-0.39, 0.29) is 6.42 Å². The van der Waals surface area contributed by atoms with E-state index >= 15 is 0 Å². The molecule has 0 fully saturated rings. The van der Waals surface area contributed by atoms with E-state index in [2.05, 4.69) is 0 Å². The van der Waals surface area contributed by atoms with E-state index in [1.807, 2.05) is 25.1 Å². The molecule has 0 bridgehead atoms. The molecule has 0 aliphatic heterocycles. The van der Waals surface area contributed by atoms with E-state index in [1.165, 1.54) is 0 Å². The summed E-state index contributed by atoms with van der Waals surface area (Å²) in [6.45, 7) is 1.93. The number of aliphatic carboxylic acids is 1.